The molecule has 0 spiro atoms. The summed E-state index contributed by atoms with van der Waals surface area (Å²) in [5.41, 5.74) is 4.66. The van der Waals surface area contributed by atoms with Crippen molar-refractivity contribution < 1.29 is 5.11 Å². The molecule has 2 aromatic rings. The lowest BCUT2D eigenvalue weighted by atomic mass is 9.97. The van der Waals surface area contributed by atoms with Crippen molar-refractivity contribution in [2.75, 3.05) is 0 Å². The van der Waals surface area contributed by atoms with Crippen LogP contribution in [0.2, 0.25) is 19.1 Å². The zero-order valence-electron chi connectivity index (χ0n) is 13.8. The van der Waals surface area contributed by atoms with E-state index in [1.165, 1.54) is 22.4 Å². The van der Waals surface area contributed by atoms with Gasteiger partial charge in [0, 0.05) is 0 Å². The monoisotopic (exact) mass is 298 g/mol. The molecule has 0 saturated carbocycles. The molecule has 0 saturated heterocycles. The molecule has 1 N–H and O–H groups in total. The van der Waals surface area contributed by atoms with Crippen molar-refractivity contribution in [3.63, 3.8) is 0 Å². The first kappa shape index (κ1) is 15.8. The van der Waals surface area contributed by atoms with Gasteiger partial charge >= 0.3 is 0 Å². The molecule has 2 aromatic carbocycles. The van der Waals surface area contributed by atoms with Crippen LogP contribution in [-0.2, 0) is 6.42 Å². The lowest BCUT2D eigenvalue weighted by Gasteiger charge is -2.24. The Hall–Kier alpha value is -1.54. The summed E-state index contributed by atoms with van der Waals surface area (Å²) < 4.78 is 0. The molecule has 0 radical (unpaired) electrons. The summed E-state index contributed by atoms with van der Waals surface area (Å²) in [5.74, 6) is 0.454. The lowest BCUT2D eigenvalue weighted by Crippen LogP contribution is -2.41. The summed E-state index contributed by atoms with van der Waals surface area (Å²) in [5, 5.41) is 11.5. The first-order valence-corrected chi connectivity index (χ1v) is 10.9. The van der Waals surface area contributed by atoms with Gasteiger partial charge in [-0.2, -0.15) is 0 Å². The molecule has 0 amide bonds. The predicted octanol–water partition coefficient (Wildman–Crippen LogP) is 4.48. The quantitative estimate of drug-likeness (QED) is 0.825. The van der Waals surface area contributed by atoms with Crippen LogP contribution >= 0.6 is 0 Å². The van der Waals surface area contributed by atoms with E-state index in [2.05, 4.69) is 56.4 Å². The van der Waals surface area contributed by atoms with E-state index in [-0.39, 0.29) is 0 Å². The molecule has 0 bridgehead atoms. The maximum Gasteiger partial charge on any atom is 0.121 e. The topological polar surface area (TPSA) is 20.2 Å². The van der Waals surface area contributed by atoms with Gasteiger partial charge in [0.2, 0.25) is 0 Å². The molecule has 0 aliphatic carbocycles. The minimum atomic E-state index is -1.40. The molecule has 2 heteroatoms. The molecule has 0 aromatic heterocycles. The van der Waals surface area contributed by atoms with Gasteiger partial charge in [0.15, 0.2) is 0 Å². The number of rotatable bonds is 4. The first-order valence-electron chi connectivity index (χ1n) is 7.67. The third-order valence-corrected chi connectivity index (χ3v) is 8.13. The molecule has 0 heterocycles. The summed E-state index contributed by atoms with van der Waals surface area (Å²) in [6.07, 6.45) is 1.10. The van der Waals surface area contributed by atoms with E-state index in [4.69, 9.17) is 0 Å². The highest BCUT2D eigenvalue weighted by Crippen LogP contribution is 2.29. The van der Waals surface area contributed by atoms with Gasteiger partial charge in [-0.3, -0.25) is 0 Å². The van der Waals surface area contributed by atoms with E-state index in [9.17, 15) is 5.11 Å². The van der Waals surface area contributed by atoms with Crippen LogP contribution in [-0.4, -0.2) is 13.2 Å². The van der Waals surface area contributed by atoms with Gasteiger partial charge in [0.1, 0.15) is 5.75 Å². The lowest BCUT2D eigenvalue weighted by molar-refractivity contribution is 0.466. The minimum Gasteiger partial charge on any atom is -0.507 e. The molecule has 0 aliphatic rings. The second-order valence-corrected chi connectivity index (χ2v) is 11.5. The number of aromatic hydroxyl groups is 1. The molecule has 1 nitrogen and oxygen atoms in total. The summed E-state index contributed by atoms with van der Waals surface area (Å²) >= 11 is 0. The fourth-order valence-electron chi connectivity index (χ4n) is 2.89. The van der Waals surface area contributed by atoms with Gasteiger partial charge in [-0.15, -0.1) is 0 Å². The molecule has 0 unspecified atom stereocenters. The molecule has 0 fully saturated rings. The molecular weight excluding hydrogens is 272 g/mol. The summed E-state index contributed by atoms with van der Waals surface area (Å²) in [6, 6.07) is 14.3. The Balaban J connectivity index is 2.21. The van der Waals surface area contributed by atoms with Crippen LogP contribution in [0.5, 0.6) is 5.75 Å². The number of aryl methyl sites for hydroxylation is 2. The van der Waals surface area contributed by atoms with Crippen molar-refractivity contribution in [2.24, 2.45) is 0 Å². The van der Waals surface area contributed by atoms with Gasteiger partial charge in [0.25, 0.3) is 0 Å². The van der Waals surface area contributed by atoms with E-state index < -0.39 is 8.07 Å². The van der Waals surface area contributed by atoms with Crippen molar-refractivity contribution in [1.29, 1.82) is 0 Å². The third kappa shape index (κ3) is 3.38. The Morgan fingerprint density at radius 1 is 0.952 bits per heavy atom. The van der Waals surface area contributed by atoms with E-state index >= 15 is 0 Å². The Labute approximate surface area is 129 Å². The first-order chi connectivity index (χ1) is 9.83. The Morgan fingerprint density at radius 2 is 1.57 bits per heavy atom. The van der Waals surface area contributed by atoms with Crippen LogP contribution in [0.15, 0.2) is 36.4 Å². The number of phenolic OH excluding ortho intramolecular Hbond substituents is 1. The van der Waals surface area contributed by atoms with E-state index in [0.717, 1.165) is 17.5 Å². The SMILES string of the molecule is Cc1cc(CC[Si](C)(C)c2ccccc2)c(C)c(C)c1O. The number of benzene rings is 2. The Bertz CT molecular complexity index is 630. The van der Waals surface area contributed by atoms with Crippen LogP contribution in [0, 0.1) is 20.8 Å². The van der Waals surface area contributed by atoms with Crippen LogP contribution in [0.4, 0.5) is 0 Å². The number of hydrogen-bond donors (Lipinski definition) is 1. The Kier molecular flexibility index (Phi) is 4.57. The van der Waals surface area contributed by atoms with Crippen LogP contribution in [0.1, 0.15) is 22.3 Å². The average molecular weight is 299 g/mol. The predicted molar refractivity (Wildman–Crippen MR) is 94.4 cm³/mol. The van der Waals surface area contributed by atoms with Gasteiger partial charge in [-0.05, 0) is 55.5 Å². The van der Waals surface area contributed by atoms with Gasteiger partial charge in [-0.25, -0.2) is 0 Å². The van der Waals surface area contributed by atoms with Crippen molar-refractivity contribution in [3.05, 3.63) is 58.7 Å². The normalized spacial score (nSPS) is 11.7. The average Bonchev–Trinajstić information content (AvgIpc) is 2.48. The zero-order valence-corrected chi connectivity index (χ0v) is 14.8. The molecule has 112 valence electrons. The van der Waals surface area contributed by atoms with Gasteiger partial charge < -0.3 is 5.11 Å². The van der Waals surface area contributed by atoms with E-state index in [0.29, 0.717) is 5.75 Å². The van der Waals surface area contributed by atoms with Gasteiger partial charge in [-0.1, -0.05) is 54.7 Å². The van der Waals surface area contributed by atoms with Crippen LogP contribution in [0.3, 0.4) is 0 Å². The maximum atomic E-state index is 10.0. The maximum absolute atomic E-state index is 10.0. The second-order valence-electron chi connectivity index (χ2n) is 6.70. The van der Waals surface area contributed by atoms with Crippen molar-refractivity contribution >= 4 is 13.3 Å². The zero-order chi connectivity index (χ0) is 15.6. The summed E-state index contributed by atoms with van der Waals surface area (Å²) in [4.78, 5) is 0. The molecule has 0 aliphatic heterocycles. The second kappa shape index (κ2) is 6.06. The molecule has 2 rings (SSSR count). The molecular formula is C19H26OSi. The molecule has 0 atom stereocenters. The van der Waals surface area contributed by atoms with E-state index in [1.54, 1.807) is 0 Å². The summed E-state index contributed by atoms with van der Waals surface area (Å²) in [7, 11) is -1.40. The van der Waals surface area contributed by atoms with Crippen LogP contribution in [0.25, 0.3) is 0 Å². The largest absolute Gasteiger partial charge is 0.507 e. The van der Waals surface area contributed by atoms with Crippen LogP contribution < -0.4 is 5.19 Å². The van der Waals surface area contributed by atoms with Gasteiger partial charge in [0.05, 0.1) is 8.07 Å². The summed E-state index contributed by atoms with van der Waals surface area (Å²) in [6.45, 7) is 11.0. The fraction of sp³-hybridized carbons (Fsp3) is 0.368. The highest BCUT2D eigenvalue weighted by molar-refractivity contribution is 6.89. The smallest absolute Gasteiger partial charge is 0.121 e. The highest BCUT2D eigenvalue weighted by Gasteiger charge is 2.23. The molecule has 21 heavy (non-hydrogen) atoms. The Morgan fingerprint density at radius 3 is 2.19 bits per heavy atom. The standard InChI is InChI=1S/C19H26OSi/c1-14-13-17(15(2)16(3)19(14)20)11-12-21(4,5)18-9-7-6-8-10-18/h6-10,13,20H,11-12H2,1-5H3. The van der Waals surface area contributed by atoms with Crippen molar-refractivity contribution in [3.8, 4) is 5.75 Å². The number of phenols is 1. The van der Waals surface area contributed by atoms with E-state index in [1.807, 2.05) is 13.8 Å². The van der Waals surface area contributed by atoms with Crippen molar-refractivity contribution in [1.82, 2.24) is 0 Å². The fourth-order valence-corrected chi connectivity index (χ4v) is 5.17. The minimum absolute atomic E-state index is 0.454. The highest BCUT2D eigenvalue weighted by atomic mass is 28.3. The number of hydrogen-bond acceptors (Lipinski definition) is 1. The third-order valence-electron chi connectivity index (χ3n) is 4.74. The van der Waals surface area contributed by atoms with Crippen molar-refractivity contribution in [2.45, 2.75) is 46.3 Å².